The van der Waals surface area contributed by atoms with E-state index in [1.807, 2.05) is 18.2 Å². The first-order chi connectivity index (χ1) is 14.3. The van der Waals surface area contributed by atoms with Gasteiger partial charge in [-0.1, -0.05) is 6.07 Å². The van der Waals surface area contributed by atoms with Crippen LogP contribution in [-0.2, 0) is 12.8 Å². The molecule has 0 aliphatic carbocycles. The first-order valence-corrected chi connectivity index (χ1v) is 9.08. The number of ether oxygens (including phenoxy) is 2. The third-order valence-corrected chi connectivity index (χ3v) is 4.93. The molecule has 29 heavy (non-hydrogen) atoms. The van der Waals surface area contributed by atoms with Crippen molar-refractivity contribution in [2.45, 2.75) is 12.8 Å². The largest absolute Gasteiger partial charge is 0.461 e. The smallest absolute Gasteiger partial charge is 0.231 e. The summed E-state index contributed by atoms with van der Waals surface area (Å²) in [6, 6.07) is 9.54. The Labute approximate surface area is 163 Å². The molecule has 0 fully saturated rings. The minimum Gasteiger partial charge on any atom is -0.461 e. The van der Waals surface area contributed by atoms with E-state index < -0.39 is 0 Å². The Morgan fingerprint density at radius 1 is 1.10 bits per heavy atom. The van der Waals surface area contributed by atoms with Crippen molar-refractivity contribution >= 4 is 22.6 Å². The van der Waals surface area contributed by atoms with Crippen molar-refractivity contribution in [1.82, 2.24) is 29.8 Å². The molecule has 0 bridgehead atoms. The molecule has 1 aliphatic rings. The summed E-state index contributed by atoms with van der Waals surface area (Å²) >= 11 is 0. The number of aromatic nitrogens is 6. The SMILES string of the molecule is Nc1nc2n[nH]c(CCc3ccc4c(c3)OCO4)c2c2nc(-c3ccco3)nn12. The van der Waals surface area contributed by atoms with Crippen LogP contribution < -0.4 is 15.2 Å². The fourth-order valence-corrected chi connectivity index (χ4v) is 3.53. The van der Waals surface area contributed by atoms with Gasteiger partial charge < -0.3 is 19.6 Å². The fourth-order valence-electron chi connectivity index (χ4n) is 3.53. The van der Waals surface area contributed by atoms with Crippen LogP contribution >= 0.6 is 0 Å². The summed E-state index contributed by atoms with van der Waals surface area (Å²) in [4.78, 5) is 8.97. The van der Waals surface area contributed by atoms with Gasteiger partial charge in [-0.2, -0.15) is 14.6 Å². The topological polar surface area (TPSA) is 129 Å². The van der Waals surface area contributed by atoms with E-state index in [-0.39, 0.29) is 12.7 Å². The summed E-state index contributed by atoms with van der Waals surface area (Å²) in [5.41, 5.74) is 9.20. The number of H-pyrrole nitrogens is 1. The molecule has 6 rings (SSSR count). The molecular formula is C19H15N7O3. The van der Waals surface area contributed by atoms with Crippen molar-refractivity contribution in [1.29, 1.82) is 0 Å². The number of aryl methyl sites for hydroxylation is 2. The monoisotopic (exact) mass is 389 g/mol. The number of hydrogen-bond donors (Lipinski definition) is 2. The summed E-state index contributed by atoms with van der Waals surface area (Å²) in [5, 5.41) is 12.6. The average Bonchev–Trinajstić information content (AvgIpc) is 3.51. The van der Waals surface area contributed by atoms with Gasteiger partial charge in [0.2, 0.25) is 18.6 Å². The number of benzene rings is 1. The van der Waals surface area contributed by atoms with Gasteiger partial charge in [-0.15, -0.1) is 5.10 Å². The third kappa shape index (κ3) is 2.49. The zero-order valence-corrected chi connectivity index (χ0v) is 15.1. The maximum atomic E-state index is 6.05. The molecule has 0 spiro atoms. The first-order valence-electron chi connectivity index (χ1n) is 9.08. The van der Waals surface area contributed by atoms with Gasteiger partial charge in [0.1, 0.15) is 0 Å². The Morgan fingerprint density at radius 2 is 2.03 bits per heavy atom. The van der Waals surface area contributed by atoms with Crippen molar-refractivity contribution in [3.05, 3.63) is 47.9 Å². The maximum Gasteiger partial charge on any atom is 0.231 e. The molecule has 1 aliphatic heterocycles. The highest BCUT2D eigenvalue weighted by Crippen LogP contribution is 2.33. The Kier molecular flexibility index (Phi) is 3.27. The second kappa shape index (κ2) is 5.96. The summed E-state index contributed by atoms with van der Waals surface area (Å²) in [7, 11) is 0. The van der Waals surface area contributed by atoms with E-state index in [1.54, 1.807) is 18.4 Å². The molecule has 144 valence electrons. The lowest BCUT2D eigenvalue weighted by atomic mass is 10.1. The maximum absolute atomic E-state index is 6.05. The minimum atomic E-state index is 0.214. The number of nitrogens with zero attached hydrogens (tertiary/aromatic N) is 5. The second-order valence-electron chi connectivity index (χ2n) is 6.71. The fraction of sp³-hybridized carbons (Fsp3) is 0.158. The van der Waals surface area contributed by atoms with Crippen LogP contribution in [0.3, 0.4) is 0 Å². The van der Waals surface area contributed by atoms with Crippen molar-refractivity contribution < 1.29 is 13.9 Å². The van der Waals surface area contributed by atoms with E-state index in [2.05, 4.69) is 25.3 Å². The van der Waals surface area contributed by atoms with E-state index in [4.69, 9.17) is 19.6 Å². The highest BCUT2D eigenvalue weighted by molar-refractivity contribution is 5.92. The van der Waals surface area contributed by atoms with Gasteiger partial charge in [0.25, 0.3) is 0 Å². The van der Waals surface area contributed by atoms with Crippen LogP contribution in [0.5, 0.6) is 11.5 Å². The molecule has 1 aromatic carbocycles. The molecular weight excluding hydrogens is 374 g/mol. The van der Waals surface area contributed by atoms with E-state index in [0.29, 0.717) is 29.3 Å². The summed E-state index contributed by atoms with van der Waals surface area (Å²) in [5.74, 6) is 2.77. The predicted molar refractivity (Wildman–Crippen MR) is 103 cm³/mol. The molecule has 0 amide bonds. The molecule has 10 nitrogen and oxygen atoms in total. The Morgan fingerprint density at radius 3 is 2.93 bits per heavy atom. The normalized spacial score (nSPS) is 13.0. The van der Waals surface area contributed by atoms with Crippen molar-refractivity contribution in [2.24, 2.45) is 0 Å². The molecule has 0 atom stereocenters. The third-order valence-electron chi connectivity index (χ3n) is 4.93. The summed E-state index contributed by atoms with van der Waals surface area (Å²) < 4.78 is 17.8. The Balaban J connectivity index is 1.40. The minimum absolute atomic E-state index is 0.214. The number of hydrogen-bond acceptors (Lipinski definition) is 8. The molecule has 0 saturated heterocycles. The standard InChI is InChI=1S/C19H15N7O3/c20-19-22-17-15(18-21-16(25-26(18)19)13-2-1-7-27-13)11(23-24-17)5-3-10-4-6-12-14(8-10)29-9-28-12/h1-2,4,6-8H,3,5,9H2,(H3,20,22,23,24). The number of nitrogens with one attached hydrogen (secondary N) is 1. The van der Waals surface area contributed by atoms with Gasteiger partial charge in [-0.3, -0.25) is 5.10 Å². The Hall–Kier alpha value is -4.08. The van der Waals surface area contributed by atoms with Crippen LogP contribution in [0.4, 0.5) is 5.95 Å². The van der Waals surface area contributed by atoms with Gasteiger partial charge in [0.15, 0.2) is 28.6 Å². The summed E-state index contributed by atoms with van der Waals surface area (Å²) in [6.07, 6.45) is 3.07. The number of furan rings is 1. The van der Waals surface area contributed by atoms with Gasteiger partial charge in [-0.25, -0.2) is 4.98 Å². The number of anilines is 1. The van der Waals surface area contributed by atoms with Crippen LogP contribution in [0.25, 0.3) is 28.3 Å². The molecule has 3 N–H and O–H groups in total. The van der Waals surface area contributed by atoms with Gasteiger partial charge >= 0.3 is 0 Å². The molecule has 5 heterocycles. The number of aromatic amines is 1. The molecule has 5 aromatic rings. The van der Waals surface area contributed by atoms with E-state index in [1.165, 1.54) is 4.52 Å². The van der Waals surface area contributed by atoms with E-state index >= 15 is 0 Å². The molecule has 0 unspecified atom stereocenters. The zero-order chi connectivity index (χ0) is 19.4. The van der Waals surface area contributed by atoms with Crippen LogP contribution in [0.2, 0.25) is 0 Å². The van der Waals surface area contributed by atoms with E-state index in [0.717, 1.165) is 34.6 Å². The molecule has 0 saturated carbocycles. The lowest BCUT2D eigenvalue weighted by Gasteiger charge is -2.03. The van der Waals surface area contributed by atoms with Crippen LogP contribution in [0, 0.1) is 0 Å². The van der Waals surface area contributed by atoms with E-state index in [9.17, 15) is 0 Å². The average molecular weight is 389 g/mol. The molecule has 0 radical (unpaired) electrons. The van der Waals surface area contributed by atoms with Gasteiger partial charge in [0.05, 0.1) is 11.6 Å². The highest BCUT2D eigenvalue weighted by atomic mass is 16.7. The Bertz CT molecular complexity index is 1350. The molecule has 4 aromatic heterocycles. The van der Waals surface area contributed by atoms with Crippen molar-refractivity contribution in [2.75, 3.05) is 12.5 Å². The zero-order valence-electron chi connectivity index (χ0n) is 15.1. The first kappa shape index (κ1) is 15.9. The number of fused-ring (bicyclic) bond motifs is 4. The van der Waals surface area contributed by atoms with Crippen molar-refractivity contribution in [3.63, 3.8) is 0 Å². The van der Waals surface area contributed by atoms with Crippen LogP contribution in [0.15, 0.2) is 41.0 Å². The lowest BCUT2D eigenvalue weighted by Crippen LogP contribution is -2.03. The van der Waals surface area contributed by atoms with Gasteiger partial charge in [0, 0.05) is 5.69 Å². The summed E-state index contributed by atoms with van der Waals surface area (Å²) in [6.45, 7) is 0.264. The lowest BCUT2D eigenvalue weighted by molar-refractivity contribution is 0.174. The van der Waals surface area contributed by atoms with Gasteiger partial charge in [-0.05, 0) is 42.7 Å². The second-order valence-corrected chi connectivity index (χ2v) is 6.71. The van der Waals surface area contributed by atoms with Crippen LogP contribution in [0.1, 0.15) is 11.3 Å². The van der Waals surface area contributed by atoms with Crippen molar-refractivity contribution in [3.8, 4) is 23.1 Å². The quantitative estimate of drug-likeness (QED) is 0.479. The number of nitrogens with two attached hydrogens (primary N) is 1. The van der Waals surface area contributed by atoms with Crippen LogP contribution in [-0.4, -0.2) is 36.6 Å². The highest BCUT2D eigenvalue weighted by Gasteiger charge is 2.19. The predicted octanol–water partition coefficient (Wildman–Crippen LogP) is 2.36. The number of nitrogen functional groups attached to an aromatic ring is 1. The molecule has 10 heteroatoms. The number of rotatable bonds is 4.